The van der Waals surface area contributed by atoms with E-state index in [1.54, 1.807) is 4.90 Å². The molecule has 1 amide bonds. The first-order valence-electron chi connectivity index (χ1n) is 9.59. The Bertz CT molecular complexity index is 716. The molecule has 7 heteroatoms. The number of hydrogen-bond donors (Lipinski definition) is 1. The third kappa shape index (κ3) is 4.08. The zero-order valence-electron chi connectivity index (χ0n) is 16.7. The van der Waals surface area contributed by atoms with Crippen LogP contribution in [0.15, 0.2) is 19.0 Å². The van der Waals surface area contributed by atoms with Gasteiger partial charge in [0.15, 0.2) is 0 Å². The number of aliphatic hydroxyl groups excluding tert-OH is 1. The Morgan fingerprint density at radius 3 is 2.78 bits per heavy atom. The summed E-state index contributed by atoms with van der Waals surface area (Å²) >= 11 is 0. The number of aromatic nitrogens is 2. The number of carbonyl (C=O) groups excluding carboxylic acids is 1. The molecule has 27 heavy (non-hydrogen) atoms. The third-order valence-corrected chi connectivity index (χ3v) is 5.13. The minimum Gasteiger partial charge on any atom is -0.444 e. The number of piperazine rings is 1. The minimum absolute atomic E-state index is 0.0902. The quantitative estimate of drug-likeness (QED) is 0.820. The molecule has 1 aromatic heterocycles. The van der Waals surface area contributed by atoms with Gasteiger partial charge in [0.25, 0.3) is 0 Å². The van der Waals surface area contributed by atoms with Crippen LogP contribution in [0, 0.1) is 0 Å². The molecule has 1 saturated heterocycles. The van der Waals surface area contributed by atoms with Crippen molar-refractivity contribution in [1.82, 2.24) is 14.9 Å². The van der Waals surface area contributed by atoms with Gasteiger partial charge in [0.2, 0.25) is 0 Å². The van der Waals surface area contributed by atoms with E-state index >= 15 is 0 Å². The Balaban J connectivity index is 1.80. The highest BCUT2D eigenvalue weighted by Gasteiger charge is 2.37. The summed E-state index contributed by atoms with van der Waals surface area (Å²) in [5.74, 6) is 1.06. The van der Waals surface area contributed by atoms with Crippen molar-refractivity contribution < 1.29 is 14.6 Å². The minimum atomic E-state index is -0.551. The summed E-state index contributed by atoms with van der Waals surface area (Å²) in [6, 6.07) is 0.0902. The topological polar surface area (TPSA) is 78.8 Å². The average Bonchev–Trinajstić information content (AvgIpc) is 2.90. The van der Waals surface area contributed by atoms with Gasteiger partial charge in [-0.05, 0) is 46.5 Å². The number of rotatable bonds is 3. The second-order valence-electron chi connectivity index (χ2n) is 8.44. The monoisotopic (exact) mass is 374 g/mol. The van der Waals surface area contributed by atoms with Gasteiger partial charge in [0.05, 0.1) is 11.8 Å². The zero-order valence-corrected chi connectivity index (χ0v) is 16.7. The summed E-state index contributed by atoms with van der Waals surface area (Å²) in [7, 11) is 0. The summed E-state index contributed by atoms with van der Waals surface area (Å²) < 4.78 is 5.50. The second-order valence-corrected chi connectivity index (χ2v) is 8.44. The van der Waals surface area contributed by atoms with E-state index in [9.17, 15) is 9.90 Å². The maximum Gasteiger partial charge on any atom is 0.410 e. The second kappa shape index (κ2) is 7.46. The lowest BCUT2D eigenvalue weighted by molar-refractivity contribution is 0.0218. The van der Waals surface area contributed by atoms with Crippen molar-refractivity contribution in [1.29, 1.82) is 0 Å². The number of aliphatic hydroxyl groups is 1. The molecule has 0 aromatic carbocycles. The summed E-state index contributed by atoms with van der Waals surface area (Å²) in [6.07, 6.45) is 4.02. The fraction of sp³-hybridized carbons (Fsp3) is 0.650. The maximum absolute atomic E-state index is 12.4. The van der Waals surface area contributed by atoms with E-state index in [1.807, 2.05) is 26.8 Å². The number of allylic oxidation sites excluding steroid dienone is 1. The van der Waals surface area contributed by atoms with Gasteiger partial charge in [0, 0.05) is 31.2 Å². The van der Waals surface area contributed by atoms with Crippen LogP contribution in [0.1, 0.15) is 63.8 Å². The van der Waals surface area contributed by atoms with Crippen LogP contribution in [0.3, 0.4) is 0 Å². The number of anilines is 1. The fourth-order valence-electron chi connectivity index (χ4n) is 3.96. The van der Waals surface area contributed by atoms with Gasteiger partial charge >= 0.3 is 6.09 Å². The molecule has 1 aliphatic carbocycles. The molecule has 3 rings (SSSR count). The maximum atomic E-state index is 12.4. The van der Waals surface area contributed by atoms with Crippen molar-refractivity contribution in [3.05, 3.63) is 30.2 Å². The first kappa shape index (κ1) is 19.6. The van der Waals surface area contributed by atoms with Crippen LogP contribution in [0.5, 0.6) is 0 Å². The molecule has 1 aromatic rings. The third-order valence-electron chi connectivity index (χ3n) is 5.13. The summed E-state index contributed by atoms with van der Waals surface area (Å²) in [4.78, 5) is 25.2. The van der Waals surface area contributed by atoms with Crippen LogP contribution in [-0.2, 0) is 4.74 Å². The molecular weight excluding hydrogens is 344 g/mol. The van der Waals surface area contributed by atoms with Gasteiger partial charge in [-0.3, -0.25) is 0 Å². The molecule has 0 saturated carbocycles. The van der Waals surface area contributed by atoms with Crippen molar-refractivity contribution in [3.63, 3.8) is 0 Å². The molecular formula is C20H30N4O3. The van der Waals surface area contributed by atoms with Crippen molar-refractivity contribution >= 4 is 11.9 Å². The Hall–Kier alpha value is -2.15. The van der Waals surface area contributed by atoms with Crippen LogP contribution in [-0.4, -0.2) is 57.3 Å². The van der Waals surface area contributed by atoms with Crippen molar-refractivity contribution in [3.8, 4) is 0 Å². The van der Waals surface area contributed by atoms with Crippen LogP contribution in [0.4, 0.5) is 10.6 Å². The number of ether oxygens (including phenoxy) is 1. The molecule has 2 aliphatic rings. The van der Waals surface area contributed by atoms with E-state index in [0.717, 1.165) is 23.5 Å². The van der Waals surface area contributed by atoms with E-state index in [1.165, 1.54) is 6.33 Å². The summed E-state index contributed by atoms with van der Waals surface area (Å²) in [6.45, 7) is 13.4. The number of fused-ring (bicyclic) bond motifs is 1. The standard InChI is InChI=1S/C20H30N4O3/c1-6-7-14-10-15(25)17-16(14)18(22-12-21-17)24-9-8-23(11-13(24)2)19(26)27-20(3,4)5/h6,12-15,25H,1,7-11H2,2-5H3/t13-,14?,15+/m0/s1. The number of amides is 1. The SMILES string of the molecule is C=CCC1C[C@@H](O)c2ncnc(N3CCN(C(=O)OC(C)(C)C)C[C@@H]3C)c21. The van der Waals surface area contributed by atoms with E-state index in [-0.39, 0.29) is 18.1 Å². The number of hydrogen-bond acceptors (Lipinski definition) is 6. The van der Waals surface area contributed by atoms with E-state index in [0.29, 0.717) is 26.1 Å². The fourth-order valence-corrected chi connectivity index (χ4v) is 3.96. The molecule has 148 valence electrons. The summed E-state index contributed by atoms with van der Waals surface area (Å²) in [5, 5.41) is 10.4. The Kier molecular flexibility index (Phi) is 5.42. The van der Waals surface area contributed by atoms with Gasteiger partial charge in [0.1, 0.15) is 17.7 Å². The van der Waals surface area contributed by atoms with Gasteiger partial charge < -0.3 is 19.6 Å². The lowest BCUT2D eigenvalue weighted by Crippen LogP contribution is -2.55. The van der Waals surface area contributed by atoms with Crippen LogP contribution in [0.2, 0.25) is 0 Å². The zero-order chi connectivity index (χ0) is 19.8. The molecule has 1 fully saturated rings. The van der Waals surface area contributed by atoms with Gasteiger partial charge in [-0.2, -0.15) is 0 Å². The van der Waals surface area contributed by atoms with Crippen molar-refractivity contribution in [2.45, 2.75) is 64.2 Å². The number of carbonyl (C=O) groups is 1. The van der Waals surface area contributed by atoms with Gasteiger partial charge in [-0.15, -0.1) is 6.58 Å². The highest BCUT2D eigenvalue weighted by molar-refractivity contribution is 5.69. The van der Waals surface area contributed by atoms with Crippen molar-refractivity contribution in [2.75, 3.05) is 24.5 Å². The predicted molar refractivity (Wildman–Crippen MR) is 104 cm³/mol. The Morgan fingerprint density at radius 2 is 2.15 bits per heavy atom. The van der Waals surface area contributed by atoms with Gasteiger partial charge in [-0.1, -0.05) is 6.08 Å². The molecule has 1 N–H and O–H groups in total. The molecule has 2 heterocycles. The first-order valence-corrected chi connectivity index (χ1v) is 9.59. The van der Waals surface area contributed by atoms with Crippen LogP contribution < -0.4 is 4.90 Å². The smallest absolute Gasteiger partial charge is 0.410 e. The normalized spacial score (nSPS) is 25.3. The highest BCUT2D eigenvalue weighted by Crippen LogP contribution is 2.45. The molecule has 1 unspecified atom stereocenters. The largest absolute Gasteiger partial charge is 0.444 e. The van der Waals surface area contributed by atoms with E-state index < -0.39 is 11.7 Å². The van der Waals surface area contributed by atoms with E-state index in [2.05, 4.69) is 28.4 Å². The van der Waals surface area contributed by atoms with Crippen LogP contribution in [0.25, 0.3) is 0 Å². The first-order chi connectivity index (χ1) is 12.7. The molecule has 0 bridgehead atoms. The summed E-state index contributed by atoms with van der Waals surface area (Å²) in [5.41, 5.74) is 1.26. The number of nitrogens with zero attached hydrogens (tertiary/aromatic N) is 4. The van der Waals surface area contributed by atoms with Crippen molar-refractivity contribution in [2.24, 2.45) is 0 Å². The molecule has 7 nitrogen and oxygen atoms in total. The molecule has 0 radical (unpaired) electrons. The Morgan fingerprint density at radius 1 is 1.41 bits per heavy atom. The van der Waals surface area contributed by atoms with Gasteiger partial charge in [-0.25, -0.2) is 14.8 Å². The Labute approximate surface area is 161 Å². The molecule has 1 aliphatic heterocycles. The van der Waals surface area contributed by atoms with E-state index in [4.69, 9.17) is 4.74 Å². The highest BCUT2D eigenvalue weighted by atomic mass is 16.6. The molecule has 0 spiro atoms. The predicted octanol–water partition coefficient (Wildman–Crippen LogP) is 3.02. The molecule has 3 atom stereocenters. The lowest BCUT2D eigenvalue weighted by atomic mass is 9.98. The van der Waals surface area contributed by atoms with Crippen LogP contribution >= 0.6 is 0 Å². The lowest BCUT2D eigenvalue weighted by Gasteiger charge is -2.41. The average molecular weight is 374 g/mol.